The van der Waals surface area contributed by atoms with Gasteiger partial charge in [-0.3, -0.25) is 4.79 Å². The van der Waals surface area contributed by atoms with Crippen molar-refractivity contribution in [2.75, 3.05) is 25.4 Å². The van der Waals surface area contributed by atoms with Crippen molar-refractivity contribution in [3.05, 3.63) is 28.8 Å². The highest BCUT2D eigenvalue weighted by Gasteiger charge is 2.28. The Balaban J connectivity index is 1.97. The number of nitrogen functional groups attached to an aromatic ring is 1. The maximum Gasteiger partial charge on any atom is 0.255 e. The van der Waals surface area contributed by atoms with Crippen molar-refractivity contribution in [3.8, 4) is 0 Å². The van der Waals surface area contributed by atoms with E-state index in [4.69, 9.17) is 22.1 Å². The topological polar surface area (TPSA) is 55.6 Å². The molecule has 0 radical (unpaired) electrons. The lowest BCUT2D eigenvalue weighted by atomic mass is 10.2. The van der Waals surface area contributed by atoms with E-state index < -0.39 is 0 Å². The predicted molar refractivity (Wildman–Crippen MR) is 81.0 cm³/mol. The minimum atomic E-state index is -0.0503. The second-order valence-electron chi connectivity index (χ2n) is 5.63. The number of nitrogens with two attached hydrogens (primary N) is 1. The van der Waals surface area contributed by atoms with E-state index in [2.05, 4.69) is 13.8 Å². The minimum absolute atomic E-state index is 0.0503. The number of benzene rings is 1. The smallest absolute Gasteiger partial charge is 0.255 e. The molecule has 0 unspecified atom stereocenters. The molecule has 0 spiro atoms. The number of nitrogens with zero attached hydrogens (tertiary/aromatic N) is 1. The molecule has 1 aliphatic rings. The quantitative estimate of drug-likeness (QED) is 0.869. The van der Waals surface area contributed by atoms with Gasteiger partial charge >= 0.3 is 0 Å². The van der Waals surface area contributed by atoms with Crippen LogP contribution in [-0.4, -0.2) is 36.6 Å². The molecule has 2 N–H and O–H groups in total. The fourth-order valence-corrected chi connectivity index (χ4v) is 2.52. The van der Waals surface area contributed by atoms with Gasteiger partial charge in [0, 0.05) is 25.4 Å². The van der Waals surface area contributed by atoms with Gasteiger partial charge in [0.2, 0.25) is 0 Å². The summed E-state index contributed by atoms with van der Waals surface area (Å²) in [7, 11) is 0. The summed E-state index contributed by atoms with van der Waals surface area (Å²) in [5.74, 6) is 0.456. The maximum atomic E-state index is 12.4. The molecule has 5 heteroatoms. The Morgan fingerprint density at radius 1 is 1.55 bits per heavy atom. The summed E-state index contributed by atoms with van der Waals surface area (Å²) in [5, 5.41) is 0.404. The summed E-state index contributed by atoms with van der Waals surface area (Å²) < 4.78 is 5.78. The third kappa shape index (κ3) is 3.64. The van der Waals surface area contributed by atoms with Gasteiger partial charge in [-0.2, -0.15) is 0 Å². The lowest BCUT2D eigenvalue weighted by molar-refractivity contribution is 0.0396. The lowest BCUT2D eigenvalue weighted by Crippen LogP contribution is -2.30. The fourth-order valence-electron chi connectivity index (χ4n) is 2.25. The highest BCUT2D eigenvalue weighted by molar-refractivity contribution is 6.34. The van der Waals surface area contributed by atoms with Crippen molar-refractivity contribution >= 4 is 23.2 Å². The Morgan fingerprint density at radius 3 is 2.95 bits per heavy atom. The van der Waals surface area contributed by atoms with Crippen molar-refractivity contribution in [3.63, 3.8) is 0 Å². The summed E-state index contributed by atoms with van der Waals surface area (Å²) in [6.45, 7) is 6.31. The Morgan fingerprint density at radius 2 is 2.30 bits per heavy atom. The number of amides is 1. The lowest BCUT2D eigenvalue weighted by Gasteiger charge is -2.18. The highest BCUT2D eigenvalue weighted by atomic mass is 35.5. The van der Waals surface area contributed by atoms with Crippen molar-refractivity contribution in [2.24, 2.45) is 5.92 Å². The van der Waals surface area contributed by atoms with Gasteiger partial charge in [0.25, 0.3) is 5.91 Å². The Bertz CT molecular complexity index is 491. The maximum absolute atomic E-state index is 12.4. The second-order valence-corrected chi connectivity index (χ2v) is 6.04. The monoisotopic (exact) mass is 296 g/mol. The zero-order chi connectivity index (χ0) is 14.7. The average molecular weight is 297 g/mol. The first-order chi connectivity index (χ1) is 9.47. The average Bonchev–Trinajstić information content (AvgIpc) is 2.84. The third-order valence-corrected chi connectivity index (χ3v) is 3.63. The van der Waals surface area contributed by atoms with E-state index >= 15 is 0 Å². The summed E-state index contributed by atoms with van der Waals surface area (Å²) in [4.78, 5) is 14.2. The number of hydrogen-bond donors (Lipinski definition) is 1. The molecule has 4 nitrogen and oxygen atoms in total. The molecule has 1 aromatic rings. The van der Waals surface area contributed by atoms with E-state index in [1.165, 1.54) is 0 Å². The molecule has 0 aromatic heterocycles. The van der Waals surface area contributed by atoms with E-state index in [0.29, 0.717) is 35.3 Å². The first-order valence-corrected chi connectivity index (χ1v) is 7.31. The second kappa shape index (κ2) is 6.46. The molecule has 1 aliphatic heterocycles. The Kier molecular flexibility index (Phi) is 4.89. The molecule has 0 bridgehead atoms. The van der Waals surface area contributed by atoms with Crippen molar-refractivity contribution in [2.45, 2.75) is 26.4 Å². The van der Waals surface area contributed by atoms with Crippen LogP contribution in [-0.2, 0) is 4.74 Å². The van der Waals surface area contributed by atoms with Crippen LogP contribution in [0.25, 0.3) is 0 Å². The standard InChI is InChI=1S/C15H21ClN2O2/c1-10(2)9-20-12-5-6-18(8-12)15(19)13-4-3-11(17)7-14(13)16/h3-4,7,10,12H,5-6,8-9,17H2,1-2H3/t12-/m0/s1. The Labute approximate surface area is 124 Å². The predicted octanol–water partition coefficient (Wildman–Crippen LogP) is 2.81. The van der Waals surface area contributed by atoms with E-state index in [1.807, 2.05) is 0 Å². The number of hydrogen-bond acceptors (Lipinski definition) is 3. The highest BCUT2D eigenvalue weighted by Crippen LogP contribution is 2.23. The van der Waals surface area contributed by atoms with Crippen LogP contribution in [0, 0.1) is 5.92 Å². The van der Waals surface area contributed by atoms with Crippen LogP contribution in [0.15, 0.2) is 18.2 Å². The summed E-state index contributed by atoms with van der Waals surface area (Å²) in [5.41, 5.74) is 6.71. The third-order valence-electron chi connectivity index (χ3n) is 3.32. The van der Waals surface area contributed by atoms with Gasteiger partial charge in [0.15, 0.2) is 0 Å². The molecule has 1 amide bonds. The minimum Gasteiger partial charge on any atom is -0.399 e. The van der Waals surface area contributed by atoms with Crippen LogP contribution >= 0.6 is 11.6 Å². The van der Waals surface area contributed by atoms with Crippen LogP contribution in [0.5, 0.6) is 0 Å². The molecule has 1 atom stereocenters. The normalized spacial score (nSPS) is 18.8. The van der Waals surface area contributed by atoms with Gasteiger partial charge in [0.05, 0.1) is 16.7 Å². The molecule has 0 saturated carbocycles. The number of carbonyl (C=O) groups excluding carboxylic acids is 1. The van der Waals surface area contributed by atoms with Gasteiger partial charge < -0.3 is 15.4 Å². The fraction of sp³-hybridized carbons (Fsp3) is 0.533. The number of ether oxygens (including phenoxy) is 1. The number of halogens is 1. The van der Waals surface area contributed by atoms with Crippen LogP contribution in [0.1, 0.15) is 30.6 Å². The van der Waals surface area contributed by atoms with E-state index in [-0.39, 0.29) is 12.0 Å². The zero-order valence-corrected chi connectivity index (χ0v) is 12.7. The van der Waals surface area contributed by atoms with Gasteiger partial charge in [-0.05, 0) is 30.5 Å². The summed E-state index contributed by atoms with van der Waals surface area (Å²) >= 11 is 6.08. The molecule has 20 heavy (non-hydrogen) atoms. The molecule has 0 aliphatic carbocycles. The van der Waals surface area contributed by atoms with Crippen molar-refractivity contribution in [1.29, 1.82) is 0 Å². The molecular weight excluding hydrogens is 276 g/mol. The van der Waals surface area contributed by atoms with E-state index in [0.717, 1.165) is 13.0 Å². The van der Waals surface area contributed by atoms with Crippen LogP contribution in [0.3, 0.4) is 0 Å². The molecule has 110 valence electrons. The molecule has 1 saturated heterocycles. The molecule has 1 aromatic carbocycles. The number of anilines is 1. The van der Waals surface area contributed by atoms with Crippen molar-refractivity contribution in [1.82, 2.24) is 4.90 Å². The zero-order valence-electron chi connectivity index (χ0n) is 11.9. The summed E-state index contributed by atoms with van der Waals surface area (Å²) in [6.07, 6.45) is 1.01. The molecule has 1 fully saturated rings. The first-order valence-electron chi connectivity index (χ1n) is 6.93. The number of likely N-dealkylation sites (tertiary alicyclic amines) is 1. The largest absolute Gasteiger partial charge is 0.399 e. The summed E-state index contributed by atoms with van der Waals surface area (Å²) in [6, 6.07) is 4.99. The van der Waals surface area contributed by atoms with Crippen LogP contribution < -0.4 is 5.73 Å². The van der Waals surface area contributed by atoms with Crippen LogP contribution in [0.2, 0.25) is 5.02 Å². The first kappa shape index (κ1) is 15.1. The molecule has 2 rings (SSSR count). The van der Waals surface area contributed by atoms with Gasteiger partial charge in [0.1, 0.15) is 0 Å². The van der Waals surface area contributed by atoms with Gasteiger partial charge in [-0.1, -0.05) is 25.4 Å². The molecular formula is C15H21ClN2O2. The number of rotatable bonds is 4. The van der Waals surface area contributed by atoms with Crippen LogP contribution in [0.4, 0.5) is 5.69 Å². The van der Waals surface area contributed by atoms with E-state index in [9.17, 15) is 4.79 Å². The Hall–Kier alpha value is -1.26. The van der Waals surface area contributed by atoms with Gasteiger partial charge in [-0.25, -0.2) is 0 Å². The number of carbonyl (C=O) groups is 1. The van der Waals surface area contributed by atoms with E-state index in [1.54, 1.807) is 23.1 Å². The van der Waals surface area contributed by atoms with Gasteiger partial charge in [-0.15, -0.1) is 0 Å². The SMILES string of the molecule is CC(C)CO[C@H]1CCN(C(=O)c2ccc(N)cc2Cl)C1. The van der Waals surface area contributed by atoms with Crippen molar-refractivity contribution < 1.29 is 9.53 Å². The molecule has 1 heterocycles.